The molecule has 19 heteroatoms. The second kappa shape index (κ2) is 18.2. The number of Topliss-reactive ketones (excluding diaryl/α,β-unsaturated/α-hetero) is 1. The van der Waals surface area contributed by atoms with Gasteiger partial charge in [0.25, 0.3) is 0 Å². The predicted octanol–water partition coefficient (Wildman–Crippen LogP) is 6.70. The van der Waals surface area contributed by atoms with E-state index < -0.39 is 66.8 Å². The number of sulfonamides is 1. The Morgan fingerprint density at radius 3 is 2.06 bits per heavy atom. The van der Waals surface area contributed by atoms with Gasteiger partial charge in [-0.1, -0.05) is 63.6 Å². The minimum Gasteiger partial charge on any atom is -0.748 e. The van der Waals surface area contributed by atoms with Crippen molar-refractivity contribution in [2.75, 3.05) is 37.3 Å². The van der Waals surface area contributed by atoms with Crippen molar-refractivity contribution in [3.05, 3.63) is 102 Å². The van der Waals surface area contributed by atoms with E-state index in [1.165, 1.54) is 24.3 Å². The third kappa shape index (κ3) is 9.93. The van der Waals surface area contributed by atoms with Crippen LogP contribution in [-0.2, 0) is 56.0 Å². The van der Waals surface area contributed by atoms with Crippen molar-refractivity contribution in [2.45, 2.75) is 99.2 Å². The SMILES string of the molecule is CCCC[N+]1=C(C=CC=CC=C2N(CCCS(=O)(=O)[O-])c3ccc4c(S(=O)(=O)N(C)CCCC(C)=O)cccc4c3C2(C)C)C(C)(C)c2c1ccc1c(S(=O)(=O)[O-])cc(S(=O)(=O)[O-])cc21. The van der Waals surface area contributed by atoms with Gasteiger partial charge >= 0.3 is 0 Å². The van der Waals surface area contributed by atoms with E-state index in [1.807, 2.05) is 69.9 Å². The van der Waals surface area contributed by atoms with Crippen LogP contribution < -0.4 is 4.90 Å². The Balaban J connectivity index is 1.42. The highest BCUT2D eigenvalue weighted by Crippen LogP contribution is 2.52. The lowest BCUT2D eigenvalue weighted by Gasteiger charge is -2.27. The van der Waals surface area contributed by atoms with Crippen LogP contribution in [0, 0.1) is 0 Å². The Labute approximate surface area is 382 Å². The van der Waals surface area contributed by atoms with Gasteiger partial charge in [0.05, 0.1) is 30.2 Å². The number of carbonyl (C=O) groups is 1. The molecule has 0 unspecified atom stereocenters. The van der Waals surface area contributed by atoms with Crippen molar-refractivity contribution in [1.29, 1.82) is 0 Å². The van der Waals surface area contributed by atoms with Crippen LogP contribution in [0.2, 0.25) is 0 Å². The Morgan fingerprint density at radius 1 is 0.754 bits per heavy atom. The Kier molecular flexibility index (Phi) is 14.0. The zero-order valence-corrected chi connectivity index (χ0v) is 40.6. The number of rotatable bonds is 18. The quantitative estimate of drug-likeness (QED) is 0.0575. The van der Waals surface area contributed by atoms with E-state index in [0.717, 1.165) is 41.6 Å². The average molecular weight is 968 g/mol. The molecule has 65 heavy (non-hydrogen) atoms. The van der Waals surface area contributed by atoms with E-state index >= 15 is 0 Å². The number of fused-ring (bicyclic) bond motifs is 6. The summed E-state index contributed by atoms with van der Waals surface area (Å²) in [5.74, 6) is -0.616. The number of nitrogens with zero attached hydrogens (tertiary/aromatic N) is 3. The number of allylic oxidation sites excluding steroid dienone is 6. The molecular formula is C46H53N3O12S4-2. The van der Waals surface area contributed by atoms with E-state index in [0.29, 0.717) is 41.1 Å². The standard InChI is InChI=1S/C46H55N3O12S4/c1-8-9-26-48-38-24-22-34-36(29-32(64(56,57)58)30-40(34)65(59,60)61)44(38)46(5,6)42(48)20-12-10-11-19-41-45(3,4)43-35-17-13-18-39(63(54,55)47(7)25-14-16-31(2)50)33(35)21-23-37(43)49(41)27-15-28-62(51,52)53/h10-13,17-24,29-30H,8-9,14-16,25-28H2,1-7H3,(H2-,51,52,53,56,57,58,59,60,61)/p-2. The molecule has 0 amide bonds. The van der Waals surface area contributed by atoms with Gasteiger partial charge in [0.1, 0.15) is 32.6 Å². The van der Waals surface area contributed by atoms with Gasteiger partial charge in [-0.25, -0.2) is 38.0 Å². The van der Waals surface area contributed by atoms with Gasteiger partial charge in [-0.3, -0.25) is 0 Å². The molecule has 15 nitrogen and oxygen atoms in total. The second-order valence-corrected chi connectivity index (χ2v) is 23.8. The van der Waals surface area contributed by atoms with Gasteiger partial charge in [0.15, 0.2) is 5.71 Å². The minimum atomic E-state index is -5.19. The molecule has 0 saturated heterocycles. The summed E-state index contributed by atoms with van der Waals surface area (Å²) in [5, 5.41) is 1.33. The second-order valence-electron chi connectivity index (χ2n) is 17.5. The van der Waals surface area contributed by atoms with Gasteiger partial charge in [0.2, 0.25) is 15.7 Å². The fraction of sp³-hybridized carbons (Fsp3) is 0.391. The summed E-state index contributed by atoms with van der Waals surface area (Å²) in [6.45, 7) is 12.1. The summed E-state index contributed by atoms with van der Waals surface area (Å²) >= 11 is 0. The average Bonchev–Trinajstić information content (AvgIpc) is 3.55. The summed E-state index contributed by atoms with van der Waals surface area (Å²) in [5.41, 5.74) is 2.65. The fourth-order valence-electron chi connectivity index (χ4n) is 9.20. The Bertz CT molecular complexity index is 3190. The highest BCUT2D eigenvalue weighted by atomic mass is 32.2. The van der Waals surface area contributed by atoms with E-state index in [9.17, 15) is 52.1 Å². The molecule has 2 heterocycles. The van der Waals surface area contributed by atoms with Gasteiger partial charge in [-0.05, 0) is 86.4 Å². The van der Waals surface area contributed by atoms with E-state index in [2.05, 4.69) is 4.58 Å². The normalized spacial score (nSPS) is 17.2. The molecule has 0 atom stereocenters. The van der Waals surface area contributed by atoms with Gasteiger partial charge in [-0.2, -0.15) is 4.58 Å². The number of carbonyl (C=O) groups excluding carboxylic acids is 1. The van der Waals surface area contributed by atoms with Crippen molar-refractivity contribution < 1.29 is 56.7 Å². The van der Waals surface area contributed by atoms with Crippen LogP contribution in [0.25, 0.3) is 21.5 Å². The van der Waals surface area contributed by atoms with Crippen molar-refractivity contribution in [1.82, 2.24) is 4.31 Å². The smallest absolute Gasteiger partial charge is 0.243 e. The number of benzene rings is 4. The molecule has 0 saturated carbocycles. The highest BCUT2D eigenvalue weighted by Gasteiger charge is 2.46. The first-order valence-corrected chi connectivity index (χ1v) is 26.9. The van der Waals surface area contributed by atoms with Gasteiger partial charge < -0.3 is 23.4 Å². The van der Waals surface area contributed by atoms with Crippen LogP contribution >= 0.6 is 0 Å². The lowest BCUT2D eigenvalue weighted by molar-refractivity contribution is -0.438. The van der Waals surface area contributed by atoms with Crippen LogP contribution in [0.5, 0.6) is 0 Å². The van der Waals surface area contributed by atoms with E-state index in [1.54, 1.807) is 36.4 Å². The van der Waals surface area contributed by atoms with Crippen molar-refractivity contribution in [3.63, 3.8) is 0 Å². The maximum atomic E-state index is 13.9. The Hall–Kier alpha value is -4.60. The third-order valence-corrected chi connectivity index (χ3v) is 16.6. The molecule has 4 aromatic rings. The summed E-state index contributed by atoms with van der Waals surface area (Å²) in [4.78, 5) is 12.0. The Morgan fingerprint density at radius 2 is 1.43 bits per heavy atom. The third-order valence-electron chi connectivity index (χ3n) is 12.2. The van der Waals surface area contributed by atoms with E-state index in [-0.39, 0.29) is 47.4 Å². The number of unbranched alkanes of at least 4 members (excludes halogenated alkanes) is 1. The monoisotopic (exact) mass is 967 g/mol. The molecule has 0 spiro atoms. The van der Waals surface area contributed by atoms with Crippen LogP contribution in [0.15, 0.2) is 105 Å². The molecule has 0 aliphatic carbocycles. The molecule has 0 fully saturated rings. The van der Waals surface area contributed by atoms with Crippen LogP contribution in [0.1, 0.15) is 84.8 Å². The molecule has 2 aliphatic rings. The molecule has 350 valence electrons. The first-order chi connectivity index (χ1) is 30.1. The van der Waals surface area contributed by atoms with Crippen molar-refractivity contribution in [2.24, 2.45) is 0 Å². The zero-order chi connectivity index (χ0) is 48.1. The van der Waals surface area contributed by atoms with Gasteiger partial charge in [-0.15, -0.1) is 0 Å². The van der Waals surface area contributed by atoms with Crippen LogP contribution in [0.3, 0.4) is 0 Å². The lowest BCUT2D eigenvalue weighted by Crippen LogP contribution is -2.28. The first kappa shape index (κ1) is 49.8. The predicted molar refractivity (Wildman–Crippen MR) is 247 cm³/mol. The summed E-state index contributed by atoms with van der Waals surface area (Å²) < 4.78 is 140. The first-order valence-electron chi connectivity index (χ1n) is 21.1. The molecule has 6 rings (SSSR count). The number of hydrogen-bond donors (Lipinski definition) is 0. The topological polar surface area (TPSA) is 232 Å². The highest BCUT2D eigenvalue weighted by molar-refractivity contribution is 7.89. The zero-order valence-electron chi connectivity index (χ0n) is 37.3. The maximum absolute atomic E-state index is 13.9. The fourth-order valence-corrected chi connectivity index (χ4v) is 12.4. The summed E-state index contributed by atoms with van der Waals surface area (Å²) in [6, 6.07) is 13.5. The van der Waals surface area contributed by atoms with Crippen LogP contribution in [-0.4, -0.2) is 100 Å². The molecule has 0 N–H and O–H groups in total. The molecule has 4 aromatic carbocycles. The minimum absolute atomic E-state index is 0.00288. The molecule has 0 radical (unpaired) electrons. The summed E-state index contributed by atoms with van der Waals surface area (Å²) in [7, 11) is -17.3. The largest absolute Gasteiger partial charge is 0.748 e. The van der Waals surface area contributed by atoms with Crippen LogP contribution in [0.4, 0.5) is 11.4 Å². The molecule has 0 bridgehead atoms. The van der Waals surface area contributed by atoms with Gasteiger partial charge in [0, 0.05) is 84.0 Å². The maximum Gasteiger partial charge on any atom is 0.243 e. The number of hydrogen-bond acceptors (Lipinski definition) is 13. The number of ketones is 1. The molecule has 0 aromatic heterocycles. The summed E-state index contributed by atoms with van der Waals surface area (Å²) in [6.07, 6.45) is 11.4. The lowest BCUT2D eigenvalue weighted by atomic mass is 9.79. The van der Waals surface area contributed by atoms with E-state index in [4.69, 9.17) is 0 Å². The molecular weight excluding hydrogens is 915 g/mol. The number of anilines is 1. The van der Waals surface area contributed by atoms with Crippen molar-refractivity contribution >= 4 is 84.8 Å². The van der Waals surface area contributed by atoms with Crippen molar-refractivity contribution in [3.8, 4) is 0 Å². The molecule has 2 aliphatic heterocycles.